The van der Waals surface area contributed by atoms with Gasteiger partial charge in [0.2, 0.25) is 0 Å². The van der Waals surface area contributed by atoms with E-state index in [1.165, 1.54) is 11.3 Å². The van der Waals surface area contributed by atoms with Gasteiger partial charge in [0.25, 0.3) is 0 Å². The predicted octanol–water partition coefficient (Wildman–Crippen LogP) is 7.01. The van der Waals surface area contributed by atoms with E-state index in [1.807, 2.05) is 91.0 Å². The fourth-order valence-electron chi connectivity index (χ4n) is 3.93. The molecule has 2 aromatic heterocycles. The van der Waals surface area contributed by atoms with E-state index in [9.17, 15) is 4.79 Å². The topological polar surface area (TPSA) is 76.1 Å². The Labute approximate surface area is 218 Å². The van der Waals surface area contributed by atoms with Crippen LogP contribution in [0.1, 0.15) is 16.6 Å². The Bertz CT molecular complexity index is 1520. The molecule has 36 heavy (non-hydrogen) atoms. The molecule has 5 aromatic rings. The second-order valence-corrected chi connectivity index (χ2v) is 9.21. The van der Waals surface area contributed by atoms with E-state index < -0.39 is 5.97 Å². The summed E-state index contributed by atoms with van der Waals surface area (Å²) in [7, 11) is 0. The number of aromatic nitrogens is 2. The normalized spacial score (nSPS) is 10.7. The first-order chi connectivity index (χ1) is 17.7. The zero-order chi connectivity index (χ0) is 24.9. The molecule has 0 atom stereocenters. The van der Waals surface area contributed by atoms with Crippen LogP contribution in [0.3, 0.4) is 0 Å². The molecule has 0 aliphatic heterocycles. The molecule has 0 bridgehead atoms. The van der Waals surface area contributed by atoms with Crippen molar-refractivity contribution < 1.29 is 9.53 Å². The molecule has 0 aliphatic carbocycles. The van der Waals surface area contributed by atoms with Crippen LogP contribution in [-0.2, 0) is 4.74 Å². The number of para-hydroxylation sites is 1. The van der Waals surface area contributed by atoms with Crippen molar-refractivity contribution >= 4 is 56.2 Å². The maximum absolute atomic E-state index is 13.0. The predicted molar refractivity (Wildman–Crippen MR) is 151 cm³/mol. The van der Waals surface area contributed by atoms with E-state index in [4.69, 9.17) is 17.0 Å². The Hall–Kier alpha value is -4.14. The molecule has 0 radical (unpaired) electrons. The summed E-state index contributed by atoms with van der Waals surface area (Å²) in [6, 6.07) is 29.5. The van der Waals surface area contributed by atoms with Crippen LogP contribution in [0.5, 0.6) is 0 Å². The Morgan fingerprint density at radius 1 is 0.861 bits per heavy atom. The Balaban J connectivity index is 1.73. The van der Waals surface area contributed by atoms with Gasteiger partial charge in [-0.25, -0.2) is 4.79 Å². The van der Waals surface area contributed by atoms with Gasteiger partial charge < -0.3 is 15.4 Å². The number of thiophene rings is 1. The molecule has 3 aromatic carbocycles. The lowest BCUT2D eigenvalue weighted by Gasteiger charge is -2.15. The van der Waals surface area contributed by atoms with Crippen molar-refractivity contribution in [3.63, 3.8) is 0 Å². The maximum Gasteiger partial charge on any atom is 0.350 e. The maximum atomic E-state index is 13.0. The minimum Gasteiger partial charge on any atom is -0.462 e. The monoisotopic (exact) mass is 510 g/mol. The van der Waals surface area contributed by atoms with E-state index in [1.54, 1.807) is 6.92 Å². The van der Waals surface area contributed by atoms with E-state index in [0.29, 0.717) is 26.2 Å². The number of ether oxygens (including phenoxy) is 1. The van der Waals surface area contributed by atoms with Gasteiger partial charge in [0.1, 0.15) is 15.4 Å². The quantitative estimate of drug-likeness (QED) is 0.188. The SMILES string of the molecule is CCOC(=O)c1sc2nnc(-c3ccccc3)c(-c3ccccc3)c2c1NC(=S)Nc1ccccc1. The van der Waals surface area contributed by atoms with Crippen molar-refractivity contribution in [3.05, 3.63) is 95.9 Å². The molecule has 2 heterocycles. The van der Waals surface area contributed by atoms with Gasteiger partial charge >= 0.3 is 5.97 Å². The summed E-state index contributed by atoms with van der Waals surface area (Å²) < 4.78 is 5.38. The number of carbonyl (C=O) groups excluding carboxylic acids is 1. The molecule has 2 N–H and O–H groups in total. The molecule has 8 heteroatoms. The molecular weight excluding hydrogens is 488 g/mol. The fraction of sp³-hybridized carbons (Fsp3) is 0.0714. The molecule has 0 fully saturated rings. The number of esters is 1. The van der Waals surface area contributed by atoms with Crippen molar-refractivity contribution in [2.75, 3.05) is 17.2 Å². The highest BCUT2D eigenvalue weighted by atomic mass is 32.1. The lowest BCUT2D eigenvalue weighted by molar-refractivity contribution is 0.0533. The lowest BCUT2D eigenvalue weighted by Crippen LogP contribution is -2.20. The lowest BCUT2D eigenvalue weighted by atomic mass is 9.96. The van der Waals surface area contributed by atoms with Crippen LogP contribution in [0.4, 0.5) is 11.4 Å². The number of carbonyl (C=O) groups is 1. The summed E-state index contributed by atoms with van der Waals surface area (Å²) in [6.07, 6.45) is 0. The molecule has 0 spiro atoms. The number of hydrogen-bond acceptors (Lipinski definition) is 6. The summed E-state index contributed by atoms with van der Waals surface area (Å²) in [5.74, 6) is -0.439. The summed E-state index contributed by atoms with van der Waals surface area (Å²) >= 11 is 6.87. The Kier molecular flexibility index (Phi) is 6.97. The molecule has 0 saturated carbocycles. The Morgan fingerprint density at radius 3 is 2.11 bits per heavy atom. The van der Waals surface area contributed by atoms with E-state index >= 15 is 0 Å². The third-order valence-corrected chi connectivity index (χ3v) is 6.72. The summed E-state index contributed by atoms with van der Waals surface area (Å²) in [6.45, 7) is 2.04. The van der Waals surface area contributed by atoms with Crippen molar-refractivity contribution in [1.29, 1.82) is 0 Å². The zero-order valence-electron chi connectivity index (χ0n) is 19.4. The standard InChI is InChI=1S/C28H22N4O2S2/c1-2-34-27(33)25-24(30-28(35)29-20-16-10-5-11-17-20)22-21(18-12-6-3-7-13-18)23(31-32-26(22)36-25)19-14-8-4-9-15-19/h3-17H,2H2,1H3,(H2,29,30,35). The van der Waals surface area contributed by atoms with Crippen LogP contribution in [0.25, 0.3) is 32.6 Å². The van der Waals surface area contributed by atoms with Gasteiger partial charge in [-0.05, 0) is 36.8 Å². The van der Waals surface area contributed by atoms with Gasteiger partial charge in [0.15, 0.2) is 5.11 Å². The first-order valence-electron chi connectivity index (χ1n) is 11.4. The highest BCUT2D eigenvalue weighted by Gasteiger charge is 2.26. The number of rotatable bonds is 6. The smallest absolute Gasteiger partial charge is 0.350 e. The van der Waals surface area contributed by atoms with Crippen LogP contribution < -0.4 is 10.6 Å². The highest BCUT2D eigenvalue weighted by Crippen LogP contribution is 2.44. The van der Waals surface area contributed by atoms with Crippen molar-refractivity contribution in [2.24, 2.45) is 0 Å². The van der Waals surface area contributed by atoms with Crippen molar-refractivity contribution in [1.82, 2.24) is 10.2 Å². The van der Waals surface area contributed by atoms with E-state index in [0.717, 1.165) is 27.8 Å². The Morgan fingerprint density at radius 2 is 1.47 bits per heavy atom. The minimum absolute atomic E-state index is 0.256. The molecule has 6 nitrogen and oxygen atoms in total. The summed E-state index contributed by atoms with van der Waals surface area (Å²) in [4.78, 5) is 14.0. The van der Waals surface area contributed by atoms with Gasteiger partial charge in [-0.1, -0.05) is 78.9 Å². The fourth-order valence-corrected chi connectivity index (χ4v) is 5.12. The molecular formula is C28H22N4O2S2. The molecule has 0 aliphatic rings. The summed E-state index contributed by atoms with van der Waals surface area (Å²) in [5, 5.41) is 16.7. The van der Waals surface area contributed by atoms with E-state index in [-0.39, 0.29) is 6.61 Å². The van der Waals surface area contributed by atoms with Gasteiger partial charge in [-0.15, -0.1) is 21.5 Å². The number of nitrogens with zero attached hydrogens (tertiary/aromatic N) is 2. The summed E-state index contributed by atoms with van der Waals surface area (Å²) in [5.41, 5.74) is 4.84. The number of benzene rings is 3. The number of thiocarbonyl (C=S) groups is 1. The number of hydrogen-bond donors (Lipinski definition) is 2. The number of fused-ring (bicyclic) bond motifs is 1. The minimum atomic E-state index is -0.439. The van der Waals surface area contributed by atoms with Crippen LogP contribution in [-0.4, -0.2) is 27.9 Å². The van der Waals surface area contributed by atoms with Gasteiger partial charge in [0, 0.05) is 22.2 Å². The van der Waals surface area contributed by atoms with Crippen LogP contribution >= 0.6 is 23.6 Å². The third kappa shape index (κ3) is 4.82. The van der Waals surface area contributed by atoms with Crippen LogP contribution in [0.15, 0.2) is 91.0 Å². The molecule has 5 rings (SSSR count). The van der Waals surface area contributed by atoms with E-state index in [2.05, 4.69) is 20.8 Å². The molecule has 0 amide bonds. The van der Waals surface area contributed by atoms with Crippen LogP contribution in [0, 0.1) is 0 Å². The number of anilines is 2. The first-order valence-corrected chi connectivity index (χ1v) is 12.6. The van der Waals surface area contributed by atoms with Crippen LogP contribution in [0.2, 0.25) is 0 Å². The largest absolute Gasteiger partial charge is 0.462 e. The molecule has 0 unspecified atom stereocenters. The average molecular weight is 511 g/mol. The highest BCUT2D eigenvalue weighted by molar-refractivity contribution is 7.80. The van der Waals surface area contributed by atoms with Gasteiger partial charge in [-0.2, -0.15) is 0 Å². The second-order valence-electron chi connectivity index (χ2n) is 7.81. The second kappa shape index (κ2) is 10.6. The zero-order valence-corrected chi connectivity index (χ0v) is 21.0. The number of nitrogens with one attached hydrogen (secondary N) is 2. The third-order valence-electron chi connectivity index (χ3n) is 5.46. The van der Waals surface area contributed by atoms with Gasteiger partial charge in [0.05, 0.1) is 12.3 Å². The van der Waals surface area contributed by atoms with Crippen molar-refractivity contribution in [2.45, 2.75) is 6.92 Å². The average Bonchev–Trinajstić information content (AvgIpc) is 3.28. The van der Waals surface area contributed by atoms with Crippen molar-refractivity contribution in [3.8, 4) is 22.4 Å². The first kappa shape index (κ1) is 23.6. The molecule has 178 valence electrons. The molecule has 0 saturated heterocycles. The van der Waals surface area contributed by atoms with Gasteiger partial charge in [-0.3, -0.25) is 0 Å².